The van der Waals surface area contributed by atoms with Gasteiger partial charge in [-0.05, 0) is 47.6 Å². The lowest BCUT2D eigenvalue weighted by molar-refractivity contribution is 0.204. The van der Waals surface area contributed by atoms with Crippen molar-refractivity contribution in [1.29, 1.82) is 0 Å². The largest absolute Gasteiger partial charge is 0.464 e. The van der Waals surface area contributed by atoms with Gasteiger partial charge >= 0.3 is 6.09 Å². The Morgan fingerprint density at radius 1 is 0.969 bits per heavy atom. The standard InChI is InChI=1S/C28H37NO2S/c1-5-6-7-8-9-10-11-12-13-16-21-19-20-24-26(25(21)28(2,3)4)29(27(30)31)22-17-14-15-18-23(22)32-24/h13-20H,5-12H2,1-4H3,(H,30,31)/b16-13+. The van der Waals surface area contributed by atoms with Crippen LogP contribution in [0, 0.1) is 0 Å². The summed E-state index contributed by atoms with van der Waals surface area (Å²) in [5, 5.41) is 10.2. The van der Waals surface area contributed by atoms with Crippen LogP contribution in [-0.4, -0.2) is 11.2 Å². The molecule has 1 aliphatic rings. The highest BCUT2D eigenvalue weighted by atomic mass is 32.2. The zero-order valence-corrected chi connectivity index (χ0v) is 20.8. The average molecular weight is 452 g/mol. The molecule has 0 aliphatic carbocycles. The van der Waals surface area contributed by atoms with Crippen LogP contribution in [0.2, 0.25) is 0 Å². The monoisotopic (exact) mass is 451 g/mol. The van der Waals surface area contributed by atoms with Crippen LogP contribution in [0.25, 0.3) is 6.08 Å². The van der Waals surface area contributed by atoms with E-state index in [9.17, 15) is 9.90 Å². The van der Waals surface area contributed by atoms with Crippen molar-refractivity contribution in [2.75, 3.05) is 4.90 Å². The van der Waals surface area contributed by atoms with Gasteiger partial charge in [-0.15, -0.1) is 0 Å². The molecular formula is C28H37NO2S. The van der Waals surface area contributed by atoms with Crippen molar-refractivity contribution >= 4 is 35.3 Å². The molecule has 1 N–H and O–H groups in total. The van der Waals surface area contributed by atoms with E-state index in [1.165, 1.54) is 49.8 Å². The summed E-state index contributed by atoms with van der Waals surface area (Å²) < 4.78 is 0. The normalized spacial score (nSPS) is 13.3. The van der Waals surface area contributed by atoms with Gasteiger partial charge in [0.05, 0.1) is 11.4 Å². The van der Waals surface area contributed by atoms with Gasteiger partial charge in [-0.25, -0.2) is 9.69 Å². The van der Waals surface area contributed by atoms with Gasteiger partial charge in [-0.1, -0.05) is 108 Å². The quantitative estimate of drug-likeness (QED) is 0.386. The van der Waals surface area contributed by atoms with Crippen molar-refractivity contribution in [2.45, 2.75) is 94.3 Å². The number of allylic oxidation sites excluding steroid dienone is 1. The Labute approximate surface area is 197 Å². The number of benzene rings is 2. The number of fused-ring (bicyclic) bond motifs is 2. The molecule has 0 saturated heterocycles. The maximum atomic E-state index is 12.4. The topological polar surface area (TPSA) is 40.5 Å². The third kappa shape index (κ3) is 5.78. The Kier molecular flexibility index (Phi) is 8.47. The Hall–Kier alpha value is -2.20. The summed E-state index contributed by atoms with van der Waals surface area (Å²) in [6.45, 7) is 8.76. The van der Waals surface area contributed by atoms with Gasteiger partial charge in [0, 0.05) is 9.79 Å². The maximum Gasteiger partial charge on any atom is 0.416 e. The van der Waals surface area contributed by atoms with Crippen LogP contribution in [-0.2, 0) is 5.41 Å². The lowest BCUT2D eigenvalue weighted by atomic mass is 9.81. The zero-order valence-electron chi connectivity index (χ0n) is 20.0. The van der Waals surface area contributed by atoms with E-state index in [1.54, 1.807) is 11.8 Å². The number of anilines is 2. The second-order valence-electron chi connectivity index (χ2n) is 9.63. The molecule has 2 aromatic rings. The molecule has 1 heterocycles. The maximum absolute atomic E-state index is 12.4. The Morgan fingerprint density at radius 3 is 2.34 bits per heavy atom. The van der Waals surface area contributed by atoms with E-state index in [0.29, 0.717) is 0 Å². The SMILES string of the molecule is CCCCCCCCC/C=C/c1ccc2c(c1C(C)(C)C)N(C(=O)O)c1ccccc1S2. The van der Waals surface area contributed by atoms with Crippen LogP contribution in [0.15, 0.2) is 52.3 Å². The predicted molar refractivity (Wildman–Crippen MR) is 138 cm³/mol. The molecule has 172 valence electrons. The molecular weight excluding hydrogens is 414 g/mol. The summed E-state index contributed by atoms with van der Waals surface area (Å²) in [6, 6.07) is 12.0. The highest BCUT2D eigenvalue weighted by molar-refractivity contribution is 7.99. The first-order chi connectivity index (χ1) is 15.3. The van der Waals surface area contributed by atoms with Crippen molar-refractivity contribution in [2.24, 2.45) is 0 Å². The first kappa shape index (κ1) is 24.4. The van der Waals surface area contributed by atoms with E-state index in [2.05, 4.69) is 52.0 Å². The molecule has 0 atom stereocenters. The third-order valence-electron chi connectivity index (χ3n) is 5.94. The minimum absolute atomic E-state index is 0.190. The molecule has 3 nitrogen and oxygen atoms in total. The number of unbranched alkanes of at least 4 members (excludes halogenated alkanes) is 7. The van der Waals surface area contributed by atoms with Gasteiger partial charge in [-0.3, -0.25) is 0 Å². The molecule has 0 spiro atoms. The zero-order chi connectivity index (χ0) is 23.1. The molecule has 1 aliphatic heterocycles. The van der Waals surface area contributed by atoms with E-state index in [-0.39, 0.29) is 5.41 Å². The molecule has 0 aromatic heterocycles. The fourth-order valence-corrected chi connectivity index (χ4v) is 5.49. The number of hydrogen-bond acceptors (Lipinski definition) is 2. The molecule has 0 radical (unpaired) electrons. The van der Waals surface area contributed by atoms with Gasteiger partial charge in [0.15, 0.2) is 0 Å². The Morgan fingerprint density at radius 2 is 1.66 bits per heavy atom. The van der Waals surface area contributed by atoms with Crippen molar-refractivity contribution in [3.63, 3.8) is 0 Å². The molecule has 0 bridgehead atoms. The van der Waals surface area contributed by atoms with Crippen molar-refractivity contribution in [3.05, 3.63) is 53.6 Å². The van der Waals surface area contributed by atoms with Crippen molar-refractivity contribution < 1.29 is 9.90 Å². The van der Waals surface area contributed by atoms with Crippen LogP contribution < -0.4 is 4.90 Å². The number of nitrogens with zero attached hydrogens (tertiary/aromatic N) is 1. The van der Waals surface area contributed by atoms with Crippen molar-refractivity contribution in [1.82, 2.24) is 0 Å². The van der Waals surface area contributed by atoms with Gasteiger partial charge in [0.25, 0.3) is 0 Å². The predicted octanol–water partition coefficient (Wildman–Crippen LogP) is 9.42. The summed E-state index contributed by atoms with van der Waals surface area (Å²) in [4.78, 5) is 15.9. The number of carboxylic acid groups (broad SMARTS) is 1. The molecule has 2 aromatic carbocycles. The second kappa shape index (κ2) is 11.1. The molecule has 3 rings (SSSR count). The summed E-state index contributed by atoms with van der Waals surface area (Å²) in [5.41, 5.74) is 3.57. The fraction of sp³-hybridized carbons (Fsp3) is 0.464. The number of rotatable bonds is 9. The van der Waals surface area contributed by atoms with E-state index in [0.717, 1.165) is 38.7 Å². The van der Waals surface area contributed by atoms with Crippen LogP contribution in [0.1, 0.15) is 90.2 Å². The van der Waals surface area contributed by atoms with Gasteiger partial charge in [-0.2, -0.15) is 0 Å². The molecule has 1 amide bonds. The first-order valence-electron chi connectivity index (χ1n) is 12.0. The number of carbonyl (C=O) groups is 1. The van der Waals surface area contributed by atoms with Crippen LogP contribution in [0.4, 0.5) is 16.2 Å². The molecule has 4 heteroatoms. The van der Waals surface area contributed by atoms with Gasteiger partial charge in [0.1, 0.15) is 0 Å². The highest BCUT2D eigenvalue weighted by Gasteiger charge is 2.34. The van der Waals surface area contributed by atoms with Crippen molar-refractivity contribution in [3.8, 4) is 0 Å². The molecule has 0 unspecified atom stereocenters. The van der Waals surface area contributed by atoms with Gasteiger partial charge < -0.3 is 5.11 Å². The lowest BCUT2D eigenvalue weighted by Gasteiger charge is -2.35. The van der Waals surface area contributed by atoms with Crippen LogP contribution >= 0.6 is 11.8 Å². The highest BCUT2D eigenvalue weighted by Crippen LogP contribution is 2.52. The van der Waals surface area contributed by atoms with Gasteiger partial charge in [0.2, 0.25) is 0 Å². The van der Waals surface area contributed by atoms with Crippen LogP contribution in [0.5, 0.6) is 0 Å². The first-order valence-corrected chi connectivity index (χ1v) is 12.8. The molecule has 0 saturated carbocycles. The summed E-state index contributed by atoms with van der Waals surface area (Å²) in [6.07, 6.45) is 13.8. The van der Waals surface area contributed by atoms with E-state index in [4.69, 9.17) is 0 Å². The smallest absolute Gasteiger partial charge is 0.416 e. The number of amides is 1. The lowest BCUT2D eigenvalue weighted by Crippen LogP contribution is -2.30. The summed E-state index contributed by atoms with van der Waals surface area (Å²) in [5.74, 6) is 0. The molecule has 0 fully saturated rings. The second-order valence-corrected chi connectivity index (χ2v) is 10.7. The third-order valence-corrected chi connectivity index (χ3v) is 7.05. The minimum Gasteiger partial charge on any atom is -0.464 e. The van der Waals surface area contributed by atoms with E-state index in [1.807, 2.05) is 24.3 Å². The molecule has 32 heavy (non-hydrogen) atoms. The summed E-state index contributed by atoms with van der Waals surface area (Å²) >= 11 is 1.66. The minimum atomic E-state index is -0.936. The number of hydrogen-bond donors (Lipinski definition) is 1. The summed E-state index contributed by atoms with van der Waals surface area (Å²) in [7, 11) is 0. The van der Waals surface area contributed by atoms with Crippen LogP contribution in [0.3, 0.4) is 0 Å². The Balaban J connectivity index is 1.84. The van der Waals surface area contributed by atoms with E-state index < -0.39 is 6.09 Å². The fourth-order valence-electron chi connectivity index (χ4n) is 4.41. The van der Waals surface area contributed by atoms with E-state index >= 15 is 0 Å². The Bertz CT molecular complexity index is 958. The average Bonchev–Trinajstić information content (AvgIpc) is 2.75. The number of para-hydroxylation sites is 1.